The van der Waals surface area contributed by atoms with Crippen molar-refractivity contribution in [1.29, 1.82) is 10.5 Å². The van der Waals surface area contributed by atoms with Gasteiger partial charge in [0.05, 0.1) is 11.3 Å². The number of carbonyl (C=O) groups is 1. The normalized spacial score (nSPS) is 15.8. The average Bonchev–Trinajstić information content (AvgIpc) is 2.56. The van der Waals surface area contributed by atoms with Crippen molar-refractivity contribution >= 4 is 11.6 Å². The minimum Gasteiger partial charge on any atom is -0.359 e. The molecular formula is C17H18N4O. The molecule has 1 fully saturated rings. The molecule has 1 amide bonds. The second kappa shape index (κ2) is 7.28. The van der Waals surface area contributed by atoms with Crippen LogP contribution < -0.4 is 5.32 Å². The van der Waals surface area contributed by atoms with Gasteiger partial charge in [-0.2, -0.15) is 10.5 Å². The Balaban J connectivity index is 2.09. The lowest BCUT2D eigenvalue weighted by atomic mass is 9.99. The summed E-state index contributed by atoms with van der Waals surface area (Å²) in [6.07, 6.45) is 3.32. The van der Waals surface area contributed by atoms with E-state index in [1.807, 2.05) is 6.07 Å². The number of hydrogen-bond acceptors (Lipinski definition) is 4. The van der Waals surface area contributed by atoms with E-state index in [1.54, 1.807) is 29.2 Å². The standard InChI is InChI=1S/C17H18N4O/c1-13-6-8-21(9-7-13)17(22)15(11-19)12-20-16-5-3-2-4-14(16)10-18/h2-5,12-13,20H,6-9H2,1H3/b15-12-. The monoisotopic (exact) mass is 294 g/mol. The quantitative estimate of drug-likeness (QED) is 0.686. The molecular weight excluding hydrogens is 276 g/mol. The van der Waals surface area contributed by atoms with Gasteiger partial charge in [-0.05, 0) is 30.9 Å². The average molecular weight is 294 g/mol. The van der Waals surface area contributed by atoms with E-state index in [2.05, 4.69) is 18.3 Å². The molecule has 1 aliphatic heterocycles. The van der Waals surface area contributed by atoms with Gasteiger partial charge in [0.25, 0.3) is 5.91 Å². The van der Waals surface area contributed by atoms with Gasteiger partial charge >= 0.3 is 0 Å². The fourth-order valence-electron chi connectivity index (χ4n) is 2.38. The van der Waals surface area contributed by atoms with Crippen molar-refractivity contribution < 1.29 is 4.79 Å². The summed E-state index contributed by atoms with van der Waals surface area (Å²) in [7, 11) is 0. The van der Waals surface area contributed by atoms with Crippen LogP contribution in [0, 0.1) is 28.6 Å². The van der Waals surface area contributed by atoms with Crippen molar-refractivity contribution in [2.45, 2.75) is 19.8 Å². The van der Waals surface area contributed by atoms with Crippen LogP contribution in [0.25, 0.3) is 0 Å². The van der Waals surface area contributed by atoms with Crippen LogP contribution in [-0.4, -0.2) is 23.9 Å². The molecule has 1 aromatic rings. The third-order valence-electron chi connectivity index (χ3n) is 3.84. The summed E-state index contributed by atoms with van der Waals surface area (Å²) in [6, 6.07) is 11.0. The Morgan fingerprint density at radius 2 is 2.00 bits per heavy atom. The summed E-state index contributed by atoms with van der Waals surface area (Å²) >= 11 is 0. The first-order valence-corrected chi connectivity index (χ1v) is 7.31. The number of likely N-dealkylation sites (tertiary alicyclic amines) is 1. The molecule has 0 aliphatic carbocycles. The first kappa shape index (κ1) is 15.6. The van der Waals surface area contributed by atoms with Crippen LogP contribution in [-0.2, 0) is 4.79 Å². The number of amides is 1. The predicted molar refractivity (Wildman–Crippen MR) is 83.5 cm³/mol. The van der Waals surface area contributed by atoms with Crippen LogP contribution >= 0.6 is 0 Å². The highest BCUT2D eigenvalue weighted by Crippen LogP contribution is 2.18. The van der Waals surface area contributed by atoms with Gasteiger partial charge in [0, 0.05) is 19.3 Å². The second-order valence-electron chi connectivity index (χ2n) is 5.45. The number of nitriles is 2. The van der Waals surface area contributed by atoms with Gasteiger partial charge in [-0.25, -0.2) is 0 Å². The van der Waals surface area contributed by atoms with Gasteiger partial charge in [-0.1, -0.05) is 19.1 Å². The van der Waals surface area contributed by atoms with Gasteiger partial charge < -0.3 is 10.2 Å². The summed E-state index contributed by atoms with van der Waals surface area (Å²) in [5.41, 5.74) is 1.11. The fraction of sp³-hybridized carbons (Fsp3) is 0.353. The minimum absolute atomic E-state index is 0.0577. The molecule has 1 aromatic carbocycles. The molecule has 1 aliphatic rings. The van der Waals surface area contributed by atoms with Gasteiger partial charge in [-0.15, -0.1) is 0 Å². The maximum absolute atomic E-state index is 12.3. The summed E-state index contributed by atoms with van der Waals surface area (Å²) in [6.45, 7) is 3.55. The summed E-state index contributed by atoms with van der Waals surface area (Å²) < 4.78 is 0. The van der Waals surface area contributed by atoms with E-state index in [0.717, 1.165) is 12.8 Å². The molecule has 0 atom stereocenters. The maximum atomic E-state index is 12.3. The van der Waals surface area contributed by atoms with Crippen molar-refractivity contribution in [3.63, 3.8) is 0 Å². The molecule has 112 valence electrons. The molecule has 0 radical (unpaired) electrons. The Hall–Kier alpha value is -2.79. The molecule has 1 saturated heterocycles. The molecule has 1 N–H and O–H groups in total. The first-order valence-electron chi connectivity index (χ1n) is 7.31. The number of hydrogen-bond donors (Lipinski definition) is 1. The molecule has 0 bridgehead atoms. The van der Waals surface area contributed by atoms with Crippen molar-refractivity contribution in [2.75, 3.05) is 18.4 Å². The molecule has 0 unspecified atom stereocenters. The minimum atomic E-state index is -0.253. The lowest BCUT2D eigenvalue weighted by Gasteiger charge is -2.30. The summed E-state index contributed by atoms with van der Waals surface area (Å²) in [5, 5.41) is 21.1. The number of benzene rings is 1. The van der Waals surface area contributed by atoms with E-state index in [1.165, 1.54) is 6.20 Å². The lowest BCUT2D eigenvalue weighted by molar-refractivity contribution is -0.128. The Kier molecular flexibility index (Phi) is 5.16. The van der Waals surface area contributed by atoms with E-state index in [-0.39, 0.29) is 11.5 Å². The molecule has 22 heavy (non-hydrogen) atoms. The van der Waals surface area contributed by atoms with Crippen LogP contribution in [0.1, 0.15) is 25.3 Å². The highest BCUT2D eigenvalue weighted by atomic mass is 16.2. The van der Waals surface area contributed by atoms with E-state index in [0.29, 0.717) is 30.3 Å². The molecule has 0 aromatic heterocycles. The fourth-order valence-corrected chi connectivity index (χ4v) is 2.38. The zero-order chi connectivity index (χ0) is 15.9. The maximum Gasteiger partial charge on any atom is 0.266 e. The van der Waals surface area contributed by atoms with Gasteiger partial charge in [-0.3, -0.25) is 4.79 Å². The van der Waals surface area contributed by atoms with Crippen LogP contribution in [0.15, 0.2) is 36.0 Å². The lowest BCUT2D eigenvalue weighted by Crippen LogP contribution is -2.38. The second-order valence-corrected chi connectivity index (χ2v) is 5.45. The topological polar surface area (TPSA) is 79.9 Å². The molecule has 5 heteroatoms. The van der Waals surface area contributed by atoms with Crippen LogP contribution in [0.2, 0.25) is 0 Å². The third kappa shape index (κ3) is 3.65. The first-order chi connectivity index (χ1) is 10.7. The summed E-state index contributed by atoms with van der Waals surface area (Å²) in [5.74, 6) is 0.371. The largest absolute Gasteiger partial charge is 0.359 e. The zero-order valence-corrected chi connectivity index (χ0v) is 12.5. The number of nitrogens with zero attached hydrogens (tertiary/aromatic N) is 3. The van der Waals surface area contributed by atoms with E-state index in [4.69, 9.17) is 5.26 Å². The smallest absolute Gasteiger partial charge is 0.266 e. The summed E-state index contributed by atoms with van der Waals surface area (Å²) in [4.78, 5) is 14.1. The van der Waals surface area contributed by atoms with Crippen molar-refractivity contribution in [1.82, 2.24) is 4.90 Å². The van der Waals surface area contributed by atoms with Gasteiger partial charge in [0.15, 0.2) is 0 Å². The Morgan fingerprint density at radius 1 is 1.32 bits per heavy atom. The SMILES string of the molecule is CC1CCN(C(=O)/C(C#N)=C\Nc2ccccc2C#N)CC1. The van der Waals surface area contributed by atoms with E-state index >= 15 is 0 Å². The van der Waals surface area contributed by atoms with Gasteiger partial charge in [0.2, 0.25) is 0 Å². The van der Waals surface area contributed by atoms with E-state index in [9.17, 15) is 10.1 Å². The van der Waals surface area contributed by atoms with Crippen LogP contribution in [0.4, 0.5) is 5.69 Å². The van der Waals surface area contributed by atoms with Crippen molar-refractivity contribution in [2.24, 2.45) is 5.92 Å². The highest BCUT2D eigenvalue weighted by molar-refractivity contribution is 5.97. The van der Waals surface area contributed by atoms with E-state index < -0.39 is 0 Å². The van der Waals surface area contributed by atoms with Gasteiger partial charge in [0.1, 0.15) is 17.7 Å². The number of carbonyl (C=O) groups excluding carboxylic acids is 1. The zero-order valence-electron chi connectivity index (χ0n) is 12.5. The van der Waals surface area contributed by atoms with Crippen molar-refractivity contribution in [3.05, 3.63) is 41.6 Å². The Bertz CT molecular complexity index is 658. The molecule has 0 spiro atoms. The Morgan fingerprint density at radius 3 is 2.64 bits per heavy atom. The number of nitrogens with one attached hydrogen (secondary N) is 1. The predicted octanol–water partition coefficient (Wildman–Crippen LogP) is 2.64. The molecule has 0 saturated carbocycles. The van der Waals surface area contributed by atoms with Crippen LogP contribution in [0.5, 0.6) is 0 Å². The Labute approximate surface area is 130 Å². The highest BCUT2D eigenvalue weighted by Gasteiger charge is 2.23. The molecule has 1 heterocycles. The van der Waals surface area contributed by atoms with Crippen LogP contribution in [0.3, 0.4) is 0 Å². The molecule has 5 nitrogen and oxygen atoms in total. The number of para-hydroxylation sites is 1. The molecule has 2 rings (SSSR count). The number of anilines is 1. The third-order valence-corrected chi connectivity index (χ3v) is 3.84. The number of rotatable bonds is 3. The van der Waals surface area contributed by atoms with Crippen molar-refractivity contribution in [3.8, 4) is 12.1 Å². The number of piperidine rings is 1.